The molecule has 0 saturated carbocycles. The number of hydrogen-bond donors (Lipinski definition) is 1. The van der Waals surface area contributed by atoms with E-state index in [1.165, 1.54) is 19.8 Å². The van der Waals surface area contributed by atoms with Crippen LogP contribution in [-0.4, -0.2) is 26.4 Å². The van der Waals surface area contributed by atoms with Crippen LogP contribution < -0.4 is 0 Å². The molecule has 6 heteroatoms. The second kappa shape index (κ2) is 7.08. The Bertz CT molecular complexity index is 425. The molecule has 0 spiro atoms. The van der Waals surface area contributed by atoms with Gasteiger partial charge in [0.15, 0.2) is 0 Å². The molecule has 0 aliphatic rings. The van der Waals surface area contributed by atoms with Crippen LogP contribution in [0.2, 0.25) is 0 Å². The molecule has 1 radical (unpaired) electrons. The summed E-state index contributed by atoms with van der Waals surface area (Å²) in [4.78, 5) is 0.0466. The zero-order valence-electron chi connectivity index (χ0n) is 10.7. The third-order valence-corrected chi connectivity index (χ3v) is 4.50. The average molecular weight is 272 g/mol. The van der Waals surface area contributed by atoms with E-state index in [0.29, 0.717) is 5.92 Å². The number of rotatable bonds is 6. The fourth-order valence-corrected chi connectivity index (χ4v) is 2.25. The Balaban J connectivity index is 4.95. The third kappa shape index (κ3) is 4.73. The van der Waals surface area contributed by atoms with E-state index in [1.54, 1.807) is 6.08 Å². The molecule has 0 atom stereocenters. The highest BCUT2D eigenvalue weighted by molar-refractivity contribution is 8.09. The fraction of sp³-hybridized carbons (Fsp3) is 0.455. The van der Waals surface area contributed by atoms with Gasteiger partial charge in [-0.15, -0.1) is 0 Å². The monoisotopic (exact) mass is 272 g/mol. The van der Waals surface area contributed by atoms with Crippen molar-refractivity contribution in [3.8, 4) is 0 Å². The van der Waals surface area contributed by atoms with Gasteiger partial charge in [0.05, 0.1) is 4.91 Å². The third-order valence-electron chi connectivity index (χ3n) is 2.33. The van der Waals surface area contributed by atoms with Gasteiger partial charge in [-0.05, 0) is 31.5 Å². The second-order valence-corrected chi connectivity index (χ2v) is 6.16. The highest BCUT2D eigenvalue weighted by Crippen LogP contribution is 2.15. The van der Waals surface area contributed by atoms with Gasteiger partial charge in [-0.3, -0.25) is 0 Å². The first-order valence-corrected chi connectivity index (χ1v) is 7.21. The maximum atomic E-state index is 11.8. The minimum absolute atomic E-state index is 0.0466. The first-order valence-electron chi connectivity index (χ1n) is 5.26. The van der Waals surface area contributed by atoms with Crippen molar-refractivity contribution in [3.05, 3.63) is 35.3 Å². The van der Waals surface area contributed by atoms with E-state index in [9.17, 15) is 8.42 Å². The molecule has 0 aromatic heterocycles. The largest absolute Gasteiger partial charge is 0.302 e. The molecule has 0 saturated heterocycles. The van der Waals surface area contributed by atoms with Crippen LogP contribution >= 0.6 is 12.5 Å². The second-order valence-electron chi connectivity index (χ2n) is 3.88. The molecule has 3 nitrogen and oxygen atoms in total. The van der Waals surface area contributed by atoms with Gasteiger partial charge in [-0.1, -0.05) is 32.6 Å². The number of nitrogens with zero attached hydrogens (tertiary/aromatic N) is 1. The molecular formula is C11H19BNO2S2. The molecule has 17 heavy (non-hydrogen) atoms. The summed E-state index contributed by atoms with van der Waals surface area (Å²) < 4.78 is 24.6. The highest BCUT2D eigenvalue weighted by Gasteiger charge is 2.19. The number of hydrogen-bond acceptors (Lipinski definition) is 3. The van der Waals surface area contributed by atoms with E-state index < -0.39 is 10.0 Å². The van der Waals surface area contributed by atoms with Gasteiger partial charge in [0.1, 0.15) is 0 Å². The summed E-state index contributed by atoms with van der Waals surface area (Å²) in [5.41, 5.74) is 1.07. The van der Waals surface area contributed by atoms with Crippen LogP contribution in [0.1, 0.15) is 20.8 Å². The average Bonchev–Trinajstić information content (AvgIpc) is 2.27. The van der Waals surface area contributed by atoms with Crippen molar-refractivity contribution in [2.24, 2.45) is 5.92 Å². The van der Waals surface area contributed by atoms with Gasteiger partial charge >= 0.3 is 6.69 Å². The smallest absolute Gasteiger partial charge is 0.233 e. The Morgan fingerprint density at radius 1 is 1.41 bits per heavy atom. The van der Waals surface area contributed by atoms with Crippen molar-refractivity contribution in [1.29, 1.82) is 0 Å². The van der Waals surface area contributed by atoms with Crippen LogP contribution in [0.4, 0.5) is 0 Å². The van der Waals surface area contributed by atoms with Crippen LogP contribution in [-0.2, 0) is 10.0 Å². The van der Waals surface area contributed by atoms with E-state index in [-0.39, 0.29) is 4.91 Å². The highest BCUT2D eigenvalue weighted by atomic mass is 32.2. The van der Waals surface area contributed by atoms with E-state index in [0.717, 1.165) is 9.79 Å². The molecule has 0 fully saturated rings. The topological polar surface area (TPSA) is 37.4 Å². The first kappa shape index (κ1) is 16.5. The zero-order chi connectivity index (χ0) is 13.6. The van der Waals surface area contributed by atoms with Crippen LogP contribution in [0.15, 0.2) is 35.3 Å². The molecule has 0 unspecified atom stereocenters. The van der Waals surface area contributed by atoms with Crippen LogP contribution in [0, 0.1) is 5.92 Å². The molecule has 0 heterocycles. The SMILES string of the molecule is C=C(/C=C\C(=C/C)C(C)C)S(=O)(=O)N(C)[B]S. The lowest BCUT2D eigenvalue weighted by Gasteiger charge is -2.13. The standard InChI is InChI=1S/C11H19BNO2S2/c1-6-11(9(2)3)8-7-10(4)17(14,15)13(5)12-16/h6-9,16H,4H2,1-3,5H3/b8-7-,11-6+. The zero-order valence-corrected chi connectivity index (χ0v) is 12.4. The van der Waals surface area contributed by atoms with Crippen molar-refractivity contribution < 1.29 is 8.42 Å². The van der Waals surface area contributed by atoms with Crippen molar-refractivity contribution in [1.82, 2.24) is 4.22 Å². The lowest BCUT2D eigenvalue weighted by Crippen LogP contribution is -2.28. The molecule has 0 bridgehead atoms. The molecule has 0 amide bonds. The fourth-order valence-electron chi connectivity index (χ4n) is 1.14. The van der Waals surface area contributed by atoms with Crippen LogP contribution in [0.25, 0.3) is 0 Å². The molecule has 0 aliphatic carbocycles. The lowest BCUT2D eigenvalue weighted by atomic mass is 10.0. The maximum Gasteiger partial charge on any atom is 0.302 e. The lowest BCUT2D eigenvalue weighted by molar-refractivity contribution is 0.569. The Morgan fingerprint density at radius 2 is 1.94 bits per heavy atom. The summed E-state index contributed by atoms with van der Waals surface area (Å²) in [5, 5.41) is 0. The predicted molar refractivity (Wildman–Crippen MR) is 78.3 cm³/mol. The minimum Gasteiger partial charge on any atom is -0.233 e. The van der Waals surface area contributed by atoms with Gasteiger partial charge in [0, 0.05) is 0 Å². The Kier molecular flexibility index (Phi) is 6.90. The van der Waals surface area contributed by atoms with Crippen LogP contribution in [0.5, 0.6) is 0 Å². The van der Waals surface area contributed by atoms with E-state index in [4.69, 9.17) is 0 Å². The summed E-state index contributed by atoms with van der Waals surface area (Å²) in [7, 11) is -2.11. The molecule has 0 aromatic rings. The molecule has 0 N–H and O–H groups in total. The van der Waals surface area contributed by atoms with Gasteiger partial charge in [0.2, 0.25) is 10.0 Å². The predicted octanol–water partition coefficient (Wildman–Crippen LogP) is 2.38. The summed E-state index contributed by atoms with van der Waals surface area (Å²) >= 11 is 3.81. The van der Waals surface area contributed by atoms with Crippen LogP contribution in [0.3, 0.4) is 0 Å². The summed E-state index contributed by atoms with van der Waals surface area (Å²) in [6, 6.07) is 0. The minimum atomic E-state index is -3.53. The van der Waals surface area contributed by atoms with Gasteiger partial charge < -0.3 is 0 Å². The summed E-state index contributed by atoms with van der Waals surface area (Å²) in [6.45, 7) is 10.8. The van der Waals surface area contributed by atoms with Crippen molar-refractivity contribution in [2.45, 2.75) is 20.8 Å². The molecular weight excluding hydrogens is 253 g/mol. The van der Waals surface area contributed by atoms with Crippen molar-refractivity contribution in [2.75, 3.05) is 7.05 Å². The van der Waals surface area contributed by atoms with Gasteiger partial charge in [-0.25, -0.2) is 25.1 Å². The normalized spacial score (nSPS) is 13.7. The number of allylic oxidation sites excluding steroid dienone is 4. The Morgan fingerprint density at radius 3 is 2.29 bits per heavy atom. The Hall–Kier alpha value is -0.455. The quantitative estimate of drug-likeness (QED) is 0.458. The Labute approximate surface area is 111 Å². The van der Waals surface area contributed by atoms with E-state index in [1.807, 2.05) is 26.8 Å². The molecule has 0 rings (SSSR count). The molecule has 0 aromatic carbocycles. The van der Waals surface area contributed by atoms with Gasteiger partial charge in [0.25, 0.3) is 0 Å². The van der Waals surface area contributed by atoms with E-state index in [2.05, 4.69) is 19.1 Å². The summed E-state index contributed by atoms with van der Waals surface area (Å²) in [5.74, 6) is 0.348. The van der Waals surface area contributed by atoms with Crippen molar-refractivity contribution >= 4 is 29.2 Å². The molecule has 0 aliphatic heterocycles. The number of thiol groups is 1. The summed E-state index contributed by atoms with van der Waals surface area (Å²) in [6.07, 6.45) is 5.24. The van der Waals surface area contributed by atoms with Gasteiger partial charge in [-0.2, -0.15) is 0 Å². The first-order chi connectivity index (χ1) is 7.77. The maximum absolute atomic E-state index is 11.8. The van der Waals surface area contributed by atoms with Crippen molar-refractivity contribution in [3.63, 3.8) is 0 Å². The number of sulfonamides is 1. The van der Waals surface area contributed by atoms with E-state index >= 15 is 0 Å². The molecule has 95 valence electrons.